The van der Waals surface area contributed by atoms with Gasteiger partial charge < -0.3 is 10.1 Å². The van der Waals surface area contributed by atoms with E-state index < -0.39 is 40.5 Å². The van der Waals surface area contributed by atoms with Crippen LogP contribution in [0.1, 0.15) is 24.0 Å². The summed E-state index contributed by atoms with van der Waals surface area (Å²) in [4.78, 5) is 0.0507. The Morgan fingerprint density at radius 2 is 1.73 bits per heavy atom. The molecule has 0 bridgehead atoms. The van der Waals surface area contributed by atoms with Crippen LogP contribution < -0.4 is 10.1 Å². The van der Waals surface area contributed by atoms with Crippen molar-refractivity contribution in [3.63, 3.8) is 0 Å². The van der Waals surface area contributed by atoms with Crippen LogP contribution in [-0.2, 0) is 16.6 Å². The highest BCUT2D eigenvalue weighted by Crippen LogP contribution is 2.29. The van der Waals surface area contributed by atoms with E-state index in [4.69, 9.17) is 0 Å². The number of rotatable bonds is 6. The summed E-state index contributed by atoms with van der Waals surface area (Å²) in [6.07, 6.45) is -3.92. The fourth-order valence-corrected chi connectivity index (χ4v) is 5.05. The SMILES string of the molecule is Cc1ccc(S(=O)(=O)N(Cc2cc(OC(F)(F)F)ccc2F)C2CCNCC2)cc1. The van der Waals surface area contributed by atoms with E-state index >= 15 is 0 Å². The average molecular weight is 446 g/mol. The molecule has 1 fully saturated rings. The molecule has 164 valence electrons. The van der Waals surface area contributed by atoms with Gasteiger partial charge in [0.2, 0.25) is 10.0 Å². The molecule has 0 unspecified atom stereocenters. The predicted octanol–water partition coefficient (Wildman–Crippen LogP) is 3.98. The molecule has 1 aliphatic heterocycles. The fraction of sp³-hybridized carbons (Fsp3) is 0.400. The van der Waals surface area contributed by atoms with Gasteiger partial charge in [0, 0.05) is 18.2 Å². The van der Waals surface area contributed by atoms with Crippen molar-refractivity contribution in [1.82, 2.24) is 9.62 Å². The van der Waals surface area contributed by atoms with Gasteiger partial charge in [-0.15, -0.1) is 13.2 Å². The van der Waals surface area contributed by atoms with E-state index in [9.17, 15) is 26.0 Å². The zero-order chi connectivity index (χ0) is 21.9. The number of hydrogen-bond donors (Lipinski definition) is 1. The van der Waals surface area contributed by atoms with Crippen LogP contribution in [0.5, 0.6) is 5.75 Å². The van der Waals surface area contributed by atoms with Gasteiger partial charge in [-0.25, -0.2) is 12.8 Å². The number of benzene rings is 2. The van der Waals surface area contributed by atoms with Crippen molar-refractivity contribution in [2.24, 2.45) is 0 Å². The molecular weight excluding hydrogens is 424 g/mol. The maximum absolute atomic E-state index is 14.4. The van der Waals surface area contributed by atoms with Crippen LogP contribution in [0.15, 0.2) is 47.4 Å². The minimum atomic E-state index is -4.93. The Balaban J connectivity index is 1.97. The van der Waals surface area contributed by atoms with E-state index in [2.05, 4.69) is 10.1 Å². The minimum Gasteiger partial charge on any atom is -0.406 e. The molecular formula is C20H22F4N2O3S. The minimum absolute atomic E-state index is 0.0507. The summed E-state index contributed by atoms with van der Waals surface area (Å²) >= 11 is 0. The molecule has 1 heterocycles. The lowest BCUT2D eigenvalue weighted by Crippen LogP contribution is -2.45. The average Bonchev–Trinajstić information content (AvgIpc) is 2.68. The number of nitrogens with zero attached hydrogens (tertiary/aromatic N) is 1. The van der Waals surface area contributed by atoms with Crippen molar-refractivity contribution < 1.29 is 30.7 Å². The molecule has 0 aromatic heterocycles. The molecule has 3 rings (SSSR count). The second-order valence-electron chi connectivity index (χ2n) is 7.15. The van der Waals surface area contributed by atoms with E-state index in [-0.39, 0.29) is 10.5 Å². The van der Waals surface area contributed by atoms with Crippen molar-refractivity contribution >= 4 is 10.0 Å². The number of alkyl halides is 3. The summed E-state index contributed by atoms with van der Waals surface area (Å²) in [6, 6.07) is 8.44. The lowest BCUT2D eigenvalue weighted by molar-refractivity contribution is -0.274. The second kappa shape index (κ2) is 8.91. The van der Waals surface area contributed by atoms with Gasteiger partial charge in [-0.2, -0.15) is 4.31 Å². The van der Waals surface area contributed by atoms with Crippen LogP contribution in [0.25, 0.3) is 0 Å². The first kappa shape index (κ1) is 22.5. The summed E-state index contributed by atoms with van der Waals surface area (Å²) in [5.74, 6) is -1.40. The largest absolute Gasteiger partial charge is 0.573 e. The van der Waals surface area contributed by atoms with Gasteiger partial charge in [-0.1, -0.05) is 17.7 Å². The van der Waals surface area contributed by atoms with Crippen LogP contribution in [0.3, 0.4) is 0 Å². The van der Waals surface area contributed by atoms with Crippen LogP contribution in [0.4, 0.5) is 17.6 Å². The Kier molecular flexibility index (Phi) is 6.68. The van der Waals surface area contributed by atoms with Crippen molar-refractivity contribution in [2.75, 3.05) is 13.1 Å². The third-order valence-electron chi connectivity index (χ3n) is 4.92. The molecule has 0 atom stereocenters. The second-order valence-corrected chi connectivity index (χ2v) is 9.04. The van der Waals surface area contributed by atoms with Crippen molar-refractivity contribution in [2.45, 2.75) is 43.6 Å². The van der Waals surface area contributed by atoms with E-state index in [1.807, 2.05) is 6.92 Å². The van der Waals surface area contributed by atoms with Crippen molar-refractivity contribution in [1.29, 1.82) is 0 Å². The van der Waals surface area contributed by atoms with Gasteiger partial charge >= 0.3 is 6.36 Å². The molecule has 2 aromatic rings. The van der Waals surface area contributed by atoms with Gasteiger partial charge in [-0.05, 0) is 63.2 Å². The smallest absolute Gasteiger partial charge is 0.406 e. The highest BCUT2D eigenvalue weighted by Gasteiger charge is 2.34. The molecule has 2 aromatic carbocycles. The molecule has 1 aliphatic rings. The first-order chi connectivity index (χ1) is 14.1. The lowest BCUT2D eigenvalue weighted by Gasteiger charge is -2.34. The summed E-state index contributed by atoms with van der Waals surface area (Å²) in [6.45, 7) is 2.60. The Morgan fingerprint density at radius 1 is 1.10 bits per heavy atom. The Hall–Kier alpha value is -2.17. The Morgan fingerprint density at radius 3 is 2.33 bits per heavy atom. The maximum Gasteiger partial charge on any atom is 0.573 e. The standard InChI is InChI=1S/C20H22F4N2O3S/c1-14-2-5-18(6-3-14)30(27,28)26(16-8-10-25-11-9-16)13-15-12-17(4-7-19(15)21)29-20(22,23)24/h2-7,12,16,25H,8-11,13H2,1H3. The van der Waals surface area contributed by atoms with E-state index in [1.165, 1.54) is 16.4 Å². The van der Waals surface area contributed by atoms with Gasteiger partial charge in [0.1, 0.15) is 11.6 Å². The van der Waals surface area contributed by atoms with E-state index in [0.29, 0.717) is 25.9 Å². The van der Waals surface area contributed by atoms with Gasteiger partial charge in [-0.3, -0.25) is 0 Å². The number of sulfonamides is 1. The van der Waals surface area contributed by atoms with Crippen LogP contribution in [0, 0.1) is 12.7 Å². The molecule has 0 amide bonds. The van der Waals surface area contributed by atoms with E-state index in [1.54, 1.807) is 12.1 Å². The lowest BCUT2D eigenvalue weighted by atomic mass is 10.1. The first-order valence-corrected chi connectivity index (χ1v) is 10.8. The Labute approximate surface area is 172 Å². The number of piperidine rings is 1. The molecule has 0 saturated carbocycles. The molecule has 30 heavy (non-hydrogen) atoms. The molecule has 1 saturated heterocycles. The number of hydrogen-bond acceptors (Lipinski definition) is 4. The molecule has 0 aliphatic carbocycles. The van der Waals surface area contributed by atoms with Gasteiger partial charge in [0.05, 0.1) is 4.90 Å². The molecule has 0 spiro atoms. The van der Waals surface area contributed by atoms with Crippen LogP contribution in [-0.4, -0.2) is 38.2 Å². The summed E-state index contributed by atoms with van der Waals surface area (Å²) in [5.41, 5.74) is 0.691. The summed E-state index contributed by atoms with van der Waals surface area (Å²) in [7, 11) is -4.00. The summed E-state index contributed by atoms with van der Waals surface area (Å²) in [5, 5.41) is 3.14. The summed E-state index contributed by atoms with van der Waals surface area (Å²) < 4.78 is 83.8. The van der Waals surface area contributed by atoms with Crippen molar-refractivity contribution in [3.05, 3.63) is 59.4 Å². The Bertz CT molecular complexity index is 973. The predicted molar refractivity (Wildman–Crippen MR) is 103 cm³/mol. The zero-order valence-corrected chi connectivity index (χ0v) is 17.1. The quantitative estimate of drug-likeness (QED) is 0.683. The molecule has 5 nitrogen and oxygen atoms in total. The number of nitrogens with one attached hydrogen (secondary N) is 1. The number of ether oxygens (including phenoxy) is 1. The number of halogens is 4. The van der Waals surface area contributed by atoms with E-state index in [0.717, 1.165) is 23.8 Å². The fourth-order valence-electron chi connectivity index (χ4n) is 3.39. The normalized spacial score (nSPS) is 16.1. The topological polar surface area (TPSA) is 58.6 Å². The monoisotopic (exact) mass is 446 g/mol. The molecule has 1 N–H and O–H groups in total. The molecule has 0 radical (unpaired) electrons. The third kappa shape index (κ3) is 5.50. The van der Waals surface area contributed by atoms with Crippen LogP contribution >= 0.6 is 0 Å². The van der Waals surface area contributed by atoms with Gasteiger partial charge in [0.15, 0.2) is 0 Å². The van der Waals surface area contributed by atoms with Crippen LogP contribution in [0.2, 0.25) is 0 Å². The van der Waals surface area contributed by atoms with Crippen molar-refractivity contribution in [3.8, 4) is 5.75 Å². The first-order valence-electron chi connectivity index (χ1n) is 9.40. The molecule has 10 heteroatoms. The highest BCUT2D eigenvalue weighted by atomic mass is 32.2. The number of aryl methyl sites for hydroxylation is 1. The van der Waals surface area contributed by atoms with Gasteiger partial charge in [0.25, 0.3) is 0 Å². The zero-order valence-electron chi connectivity index (χ0n) is 16.2. The highest BCUT2D eigenvalue weighted by molar-refractivity contribution is 7.89. The third-order valence-corrected chi connectivity index (χ3v) is 6.83. The maximum atomic E-state index is 14.4.